The van der Waals surface area contributed by atoms with Gasteiger partial charge in [-0.2, -0.15) is 0 Å². The highest BCUT2D eigenvalue weighted by atomic mass is 16.5. The Kier molecular flexibility index (Phi) is 4.89. The molecule has 1 aromatic rings. The van der Waals surface area contributed by atoms with Gasteiger partial charge in [-0.3, -0.25) is 9.59 Å². The van der Waals surface area contributed by atoms with Crippen LogP contribution in [-0.4, -0.2) is 52.5 Å². The van der Waals surface area contributed by atoms with Crippen LogP contribution in [-0.2, 0) is 9.53 Å². The number of hydrogen-bond acceptors (Lipinski definition) is 5. The molecule has 140 valence electrons. The lowest BCUT2D eigenvalue weighted by atomic mass is 9.86. The predicted octanol–water partition coefficient (Wildman–Crippen LogP) is 1.49. The first-order valence-electron chi connectivity index (χ1n) is 9.64. The molecule has 2 atom stereocenters. The largest absolute Gasteiger partial charge is 0.377 e. The van der Waals surface area contributed by atoms with Crippen molar-refractivity contribution in [3.63, 3.8) is 0 Å². The third-order valence-electron chi connectivity index (χ3n) is 5.90. The van der Waals surface area contributed by atoms with Crippen LogP contribution in [0.5, 0.6) is 0 Å². The Hall–Kier alpha value is -2.02. The molecule has 2 aliphatic heterocycles. The highest BCUT2D eigenvalue weighted by Crippen LogP contribution is 2.37. The second-order valence-electron chi connectivity index (χ2n) is 7.78. The standard InChI is InChI=1S/C19H26N4O3/c20-17(24)15-5-8-26-16(15)9-12-3-6-23(7-4-12)19(25)14-10-21-18(22-11-14)13-1-2-13/h10-13,15-16H,1-9H2,(H2,20,24)/t15-,16-/m1/s1. The Bertz CT molecular complexity index is 666. The summed E-state index contributed by atoms with van der Waals surface area (Å²) in [5, 5.41) is 0. The first-order chi connectivity index (χ1) is 12.6. The first-order valence-corrected chi connectivity index (χ1v) is 9.64. The summed E-state index contributed by atoms with van der Waals surface area (Å²) < 4.78 is 5.71. The fourth-order valence-corrected chi connectivity index (χ4v) is 4.09. The monoisotopic (exact) mass is 358 g/mol. The molecule has 3 heterocycles. The van der Waals surface area contributed by atoms with Crippen molar-refractivity contribution in [1.82, 2.24) is 14.9 Å². The molecule has 2 amide bonds. The molecule has 3 aliphatic rings. The summed E-state index contributed by atoms with van der Waals surface area (Å²) in [6.07, 6.45) is 9.03. The van der Waals surface area contributed by atoms with Crippen molar-refractivity contribution < 1.29 is 14.3 Å². The van der Waals surface area contributed by atoms with Crippen molar-refractivity contribution >= 4 is 11.8 Å². The number of carbonyl (C=O) groups excluding carboxylic acids is 2. The van der Waals surface area contributed by atoms with Crippen molar-refractivity contribution in [2.75, 3.05) is 19.7 Å². The highest BCUT2D eigenvalue weighted by Gasteiger charge is 2.35. The van der Waals surface area contributed by atoms with E-state index in [1.165, 1.54) is 0 Å². The fourth-order valence-electron chi connectivity index (χ4n) is 4.09. The summed E-state index contributed by atoms with van der Waals surface area (Å²) in [4.78, 5) is 34.7. The molecule has 1 aromatic heterocycles. The Morgan fingerprint density at radius 1 is 1.12 bits per heavy atom. The van der Waals surface area contributed by atoms with Gasteiger partial charge in [-0.15, -0.1) is 0 Å². The molecule has 3 fully saturated rings. The summed E-state index contributed by atoms with van der Waals surface area (Å²) in [5.74, 6) is 1.43. The number of hydrogen-bond donors (Lipinski definition) is 1. The van der Waals surface area contributed by atoms with Crippen LogP contribution in [0.2, 0.25) is 0 Å². The van der Waals surface area contributed by atoms with Gasteiger partial charge in [0.2, 0.25) is 5.91 Å². The minimum absolute atomic E-state index is 0.0120. The van der Waals surface area contributed by atoms with Crippen LogP contribution in [0.1, 0.15) is 60.6 Å². The number of piperidine rings is 1. The molecule has 2 saturated heterocycles. The maximum Gasteiger partial charge on any atom is 0.256 e. The lowest BCUT2D eigenvalue weighted by molar-refractivity contribution is -0.123. The Labute approximate surface area is 153 Å². The van der Waals surface area contributed by atoms with Gasteiger partial charge in [0.1, 0.15) is 5.82 Å². The summed E-state index contributed by atoms with van der Waals surface area (Å²) >= 11 is 0. The number of ether oxygens (including phenoxy) is 1. The van der Waals surface area contributed by atoms with Gasteiger partial charge in [-0.25, -0.2) is 9.97 Å². The van der Waals surface area contributed by atoms with Crippen molar-refractivity contribution in [1.29, 1.82) is 0 Å². The molecule has 0 aromatic carbocycles. The van der Waals surface area contributed by atoms with Gasteiger partial charge in [0.05, 0.1) is 17.6 Å². The highest BCUT2D eigenvalue weighted by molar-refractivity contribution is 5.93. The fraction of sp³-hybridized carbons (Fsp3) is 0.684. The van der Waals surface area contributed by atoms with Crippen LogP contribution in [0.25, 0.3) is 0 Å². The van der Waals surface area contributed by atoms with Crippen LogP contribution < -0.4 is 5.73 Å². The average molecular weight is 358 g/mol. The Morgan fingerprint density at radius 3 is 2.42 bits per heavy atom. The van der Waals surface area contributed by atoms with Gasteiger partial charge in [-0.1, -0.05) is 0 Å². The number of carbonyl (C=O) groups is 2. The lowest BCUT2D eigenvalue weighted by Gasteiger charge is -2.33. The number of likely N-dealkylation sites (tertiary alicyclic amines) is 1. The van der Waals surface area contributed by atoms with E-state index in [9.17, 15) is 9.59 Å². The zero-order valence-electron chi connectivity index (χ0n) is 15.0. The zero-order chi connectivity index (χ0) is 18.1. The van der Waals surface area contributed by atoms with Crippen molar-refractivity contribution in [2.24, 2.45) is 17.6 Å². The quantitative estimate of drug-likeness (QED) is 0.860. The molecule has 1 saturated carbocycles. The van der Waals surface area contributed by atoms with Crippen molar-refractivity contribution in [2.45, 2.75) is 50.5 Å². The van der Waals surface area contributed by atoms with Crippen LogP contribution in [0.4, 0.5) is 0 Å². The van der Waals surface area contributed by atoms with E-state index in [1.807, 2.05) is 4.90 Å². The van der Waals surface area contributed by atoms with E-state index in [4.69, 9.17) is 10.5 Å². The molecule has 4 rings (SSSR count). The summed E-state index contributed by atoms with van der Waals surface area (Å²) in [5.41, 5.74) is 6.04. The van der Waals surface area contributed by atoms with Gasteiger partial charge in [0.25, 0.3) is 5.91 Å². The molecule has 2 N–H and O–H groups in total. The lowest BCUT2D eigenvalue weighted by Crippen LogP contribution is -2.40. The van der Waals surface area contributed by atoms with Gasteiger partial charge in [-0.05, 0) is 44.4 Å². The van der Waals surface area contributed by atoms with Crippen LogP contribution in [0.3, 0.4) is 0 Å². The number of amides is 2. The molecule has 7 nitrogen and oxygen atoms in total. The third-order valence-corrected chi connectivity index (χ3v) is 5.90. The minimum Gasteiger partial charge on any atom is -0.377 e. The summed E-state index contributed by atoms with van der Waals surface area (Å²) in [6, 6.07) is 0. The van der Waals surface area contributed by atoms with E-state index in [-0.39, 0.29) is 23.8 Å². The molecule has 1 aliphatic carbocycles. The SMILES string of the molecule is NC(=O)[C@@H]1CCO[C@@H]1CC1CCN(C(=O)c2cnc(C3CC3)nc2)CC1. The predicted molar refractivity (Wildman–Crippen MR) is 94.3 cm³/mol. The maximum absolute atomic E-state index is 12.6. The average Bonchev–Trinajstić information content (AvgIpc) is 3.41. The van der Waals surface area contributed by atoms with Crippen molar-refractivity contribution in [3.05, 3.63) is 23.8 Å². The van der Waals surface area contributed by atoms with E-state index in [2.05, 4.69) is 9.97 Å². The van der Waals surface area contributed by atoms with E-state index in [1.54, 1.807) is 12.4 Å². The Balaban J connectivity index is 1.28. The smallest absolute Gasteiger partial charge is 0.256 e. The topological polar surface area (TPSA) is 98.4 Å². The number of aromatic nitrogens is 2. The van der Waals surface area contributed by atoms with Crippen LogP contribution in [0, 0.1) is 11.8 Å². The molecule has 0 radical (unpaired) electrons. The summed E-state index contributed by atoms with van der Waals surface area (Å²) in [7, 11) is 0. The Morgan fingerprint density at radius 2 is 1.81 bits per heavy atom. The van der Waals surface area contributed by atoms with Crippen LogP contribution >= 0.6 is 0 Å². The minimum atomic E-state index is -0.255. The van der Waals surface area contributed by atoms with Gasteiger partial charge in [0.15, 0.2) is 0 Å². The zero-order valence-corrected chi connectivity index (χ0v) is 15.0. The summed E-state index contributed by atoms with van der Waals surface area (Å²) in [6.45, 7) is 2.07. The van der Waals surface area contributed by atoms with Gasteiger partial charge in [0, 0.05) is 38.0 Å². The molecular formula is C19H26N4O3. The second kappa shape index (κ2) is 7.31. The molecule has 7 heteroatoms. The second-order valence-corrected chi connectivity index (χ2v) is 7.78. The van der Waals surface area contributed by atoms with Crippen molar-refractivity contribution in [3.8, 4) is 0 Å². The van der Waals surface area contributed by atoms with E-state index < -0.39 is 0 Å². The first kappa shape index (κ1) is 17.4. The molecular weight excluding hydrogens is 332 g/mol. The molecule has 0 unspecified atom stereocenters. The number of primary amides is 1. The number of rotatable bonds is 5. The number of nitrogens with two attached hydrogens (primary N) is 1. The molecule has 0 bridgehead atoms. The maximum atomic E-state index is 12.6. The molecule has 26 heavy (non-hydrogen) atoms. The molecule has 0 spiro atoms. The normalized spacial score (nSPS) is 26.8. The van der Waals surface area contributed by atoms with E-state index in [0.29, 0.717) is 24.0 Å². The van der Waals surface area contributed by atoms with Crippen LogP contribution in [0.15, 0.2) is 12.4 Å². The van der Waals surface area contributed by atoms with Gasteiger partial charge < -0.3 is 15.4 Å². The van der Waals surface area contributed by atoms with Gasteiger partial charge >= 0.3 is 0 Å². The number of nitrogens with zero attached hydrogens (tertiary/aromatic N) is 3. The third kappa shape index (κ3) is 3.72. The van der Waals surface area contributed by atoms with E-state index >= 15 is 0 Å². The van der Waals surface area contributed by atoms with E-state index in [0.717, 1.165) is 57.4 Å².